The van der Waals surface area contributed by atoms with Crippen molar-refractivity contribution >= 4 is 23.2 Å². The Morgan fingerprint density at radius 3 is 2.73 bits per heavy atom. The van der Waals surface area contributed by atoms with E-state index in [4.69, 9.17) is 4.74 Å². The number of hydrogen-bond donors (Lipinski definition) is 3. The molecular formula is C19H23N7O4. The molecule has 0 aromatic carbocycles. The third-order valence-corrected chi connectivity index (χ3v) is 4.90. The molecular weight excluding hydrogens is 390 g/mol. The van der Waals surface area contributed by atoms with Crippen LogP contribution < -0.4 is 16.2 Å². The Kier molecular flexibility index (Phi) is 4.90. The van der Waals surface area contributed by atoms with E-state index in [1.165, 1.54) is 23.2 Å². The van der Waals surface area contributed by atoms with Crippen molar-refractivity contribution < 1.29 is 14.6 Å². The molecule has 11 nitrogen and oxygen atoms in total. The van der Waals surface area contributed by atoms with Crippen molar-refractivity contribution in [2.24, 2.45) is 0 Å². The first-order chi connectivity index (χ1) is 14.3. The third-order valence-electron chi connectivity index (χ3n) is 4.90. The van der Waals surface area contributed by atoms with Crippen LogP contribution in [0.3, 0.4) is 0 Å². The Morgan fingerprint density at radius 1 is 1.33 bits per heavy atom. The summed E-state index contributed by atoms with van der Waals surface area (Å²) in [5.41, 5.74) is -1.37. The standard InChI is InChI=1S/C19H23N7O4/c1-19(2,30-3)10-25-14-8-12(23-13-9-20-6-7-21-13)24-26(14)18(29)15(17(25)28)16(27)22-11-4-5-11/h6-9,11,29H,4-5,10H2,1-3H3,(H,22,27)(H,21,23,24). The summed E-state index contributed by atoms with van der Waals surface area (Å²) in [6.07, 6.45) is 6.28. The van der Waals surface area contributed by atoms with Gasteiger partial charge in [0.15, 0.2) is 11.4 Å². The molecule has 158 valence electrons. The maximum atomic E-state index is 13.2. The minimum absolute atomic E-state index is 0.0300. The average Bonchev–Trinajstić information content (AvgIpc) is 3.42. The number of aromatic hydroxyl groups is 1. The largest absolute Gasteiger partial charge is 0.492 e. The van der Waals surface area contributed by atoms with Crippen LogP contribution in [0.15, 0.2) is 29.5 Å². The summed E-state index contributed by atoms with van der Waals surface area (Å²) >= 11 is 0. The van der Waals surface area contributed by atoms with E-state index in [-0.39, 0.29) is 18.2 Å². The maximum absolute atomic E-state index is 13.2. The van der Waals surface area contributed by atoms with Crippen LogP contribution in [0.5, 0.6) is 5.88 Å². The van der Waals surface area contributed by atoms with E-state index in [2.05, 4.69) is 25.7 Å². The molecule has 3 N–H and O–H groups in total. The monoisotopic (exact) mass is 413 g/mol. The first kappa shape index (κ1) is 19.8. The lowest BCUT2D eigenvalue weighted by Crippen LogP contribution is -2.40. The minimum Gasteiger partial charge on any atom is -0.492 e. The highest BCUT2D eigenvalue weighted by atomic mass is 16.5. The van der Waals surface area contributed by atoms with E-state index in [1.807, 2.05) is 13.8 Å². The van der Waals surface area contributed by atoms with E-state index >= 15 is 0 Å². The molecule has 0 atom stereocenters. The number of rotatable bonds is 7. The molecule has 3 aromatic rings. The number of nitrogens with one attached hydrogen (secondary N) is 2. The first-order valence-corrected chi connectivity index (χ1v) is 9.53. The predicted molar refractivity (Wildman–Crippen MR) is 108 cm³/mol. The zero-order chi connectivity index (χ0) is 21.5. The summed E-state index contributed by atoms with van der Waals surface area (Å²) in [6.45, 7) is 3.79. The molecule has 1 aliphatic carbocycles. The van der Waals surface area contributed by atoms with E-state index in [9.17, 15) is 14.7 Å². The van der Waals surface area contributed by atoms with Crippen LogP contribution in [0.4, 0.5) is 11.6 Å². The van der Waals surface area contributed by atoms with Crippen molar-refractivity contribution in [1.29, 1.82) is 0 Å². The van der Waals surface area contributed by atoms with Gasteiger partial charge in [0, 0.05) is 31.6 Å². The second kappa shape index (κ2) is 7.41. The third kappa shape index (κ3) is 3.83. The number of amides is 1. The van der Waals surface area contributed by atoms with Gasteiger partial charge in [-0.3, -0.25) is 19.1 Å². The van der Waals surface area contributed by atoms with Crippen LogP contribution in [0.25, 0.3) is 5.65 Å². The Bertz CT molecular complexity index is 1150. The van der Waals surface area contributed by atoms with E-state index in [1.54, 1.807) is 13.2 Å². The second-order valence-electron chi connectivity index (χ2n) is 7.82. The summed E-state index contributed by atoms with van der Waals surface area (Å²) in [6, 6.07) is 1.62. The lowest BCUT2D eigenvalue weighted by molar-refractivity contribution is 0.00798. The van der Waals surface area contributed by atoms with Crippen molar-refractivity contribution in [2.45, 2.75) is 44.9 Å². The molecule has 1 fully saturated rings. The highest BCUT2D eigenvalue weighted by molar-refractivity contribution is 5.96. The SMILES string of the molecule is COC(C)(C)Cn1c(=O)c(C(=O)NC2CC2)c(O)n2nc(Nc3cnccn3)cc12. The zero-order valence-corrected chi connectivity index (χ0v) is 16.9. The normalized spacial score (nSPS) is 14.1. The first-order valence-electron chi connectivity index (χ1n) is 9.53. The number of aromatic nitrogens is 5. The molecule has 11 heteroatoms. The van der Waals surface area contributed by atoms with Crippen LogP contribution in [0.1, 0.15) is 37.0 Å². The summed E-state index contributed by atoms with van der Waals surface area (Å²) < 4.78 is 8.00. The van der Waals surface area contributed by atoms with E-state index in [0.29, 0.717) is 17.3 Å². The number of fused-ring (bicyclic) bond motifs is 1. The summed E-state index contributed by atoms with van der Waals surface area (Å²) in [5, 5.41) is 20.8. The molecule has 0 saturated heterocycles. The molecule has 4 rings (SSSR count). The fraction of sp³-hybridized carbons (Fsp3) is 0.421. The molecule has 0 bridgehead atoms. The predicted octanol–water partition coefficient (Wildman–Crippen LogP) is 1.05. The molecule has 3 heterocycles. The lowest BCUT2D eigenvalue weighted by Gasteiger charge is -2.24. The van der Waals surface area contributed by atoms with Crippen LogP contribution in [0, 0.1) is 0 Å². The summed E-state index contributed by atoms with van der Waals surface area (Å²) in [4.78, 5) is 34.0. The minimum atomic E-state index is -0.700. The number of anilines is 2. The van der Waals surface area contributed by atoms with Crippen molar-refractivity contribution in [1.82, 2.24) is 29.5 Å². The second-order valence-corrected chi connectivity index (χ2v) is 7.82. The number of carbonyl (C=O) groups excluding carboxylic acids is 1. The molecule has 30 heavy (non-hydrogen) atoms. The Hall–Kier alpha value is -3.47. The Balaban J connectivity index is 1.85. The van der Waals surface area contributed by atoms with Gasteiger partial charge in [0.25, 0.3) is 11.5 Å². The highest BCUT2D eigenvalue weighted by Gasteiger charge is 2.31. The van der Waals surface area contributed by atoms with Crippen molar-refractivity contribution in [3.05, 3.63) is 40.6 Å². The molecule has 1 aliphatic rings. The quantitative estimate of drug-likeness (QED) is 0.523. The number of methoxy groups -OCH3 is 1. The molecule has 0 unspecified atom stereocenters. The van der Waals surface area contributed by atoms with Gasteiger partial charge in [-0.1, -0.05) is 0 Å². The molecule has 1 saturated carbocycles. The van der Waals surface area contributed by atoms with Gasteiger partial charge in [-0.25, -0.2) is 4.98 Å². The Labute approximate surface area is 171 Å². The van der Waals surface area contributed by atoms with Gasteiger partial charge < -0.3 is 20.5 Å². The number of carbonyl (C=O) groups is 1. The topological polar surface area (TPSA) is 136 Å². The van der Waals surface area contributed by atoms with Crippen LogP contribution in [0.2, 0.25) is 0 Å². The summed E-state index contributed by atoms with van der Waals surface area (Å²) in [5.74, 6) is -0.372. The maximum Gasteiger partial charge on any atom is 0.270 e. The molecule has 0 aliphatic heterocycles. The van der Waals surface area contributed by atoms with Crippen LogP contribution >= 0.6 is 0 Å². The lowest BCUT2D eigenvalue weighted by atomic mass is 10.1. The van der Waals surface area contributed by atoms with Gasteiger partial charge in [-0.2, -0.15) is 4.52 Å². The fourth-order valence-corrected chi connectivity index (χ4v) is 3.00. The summed E-state index contributed by atoms with van der Waals surface area (Å²) in [7, 11) is 1.54. The number of hydrogen-bond acceptors (Lipinski definition) is 8. The van der Waals surface area contributed by atoms with Gasteiger partial charge >= 0.3 is 0 Å². The van der Waals surface area contributed by atoms with Crippen molar-refractivity contribution in [2.75, 3.05) is 12.4 Å². The van der Waals surface area contributed by atoms with Gasteiger partial charge in [0.05, 0.1) is 18.3 Å². The van der Waals surface area contributed by atoms with Gasteiger partial charge in [0.1, 0.15) is 11.5 Å². The van der Waals surface area contributed by atoms with Crippen molar-refractivity contribution in [3.63, 3.8) is 0 Å². The molecule has 1 amide bonds. The van der Waals surface area contributed by atoms with Crippen LogP contribution in [-0.2, 0) is 11.3 Å². The Morgan fingerprint density at radius 2 is 2.10 bits per heavy atom. The molecule has 0 radical (unpaired) electrons. The van der Waals surface area contributed by atoms with E-state index < -0.39 is 22.9 Å². The molecule has 3 aromatic heterocycles. The zero-order valence-electron chi connectivity index (χ0n) is 16.9. The van der Waals surface area contributed by atoms with Gasteiger partial charge in [0.2, 0.25) is 5.88 Å². The highest BCUT2D eigenvalue weighted by Crippen LogP contribution is 2.24. The van der Waals surface area contributed by atoms with Crippen LogP contribution in [-0.4, -0.2) is 53.9 Å². The smallest absolute Gasteiger partial charge is 0.270 e. The number of nitrogens with zero attached hydrogens (tertiary/aromatic N) is 5. The number of ether oxygens (including phenoxy) is 1. The van der Waals surface area contributed by atoms with Gasteiger partial charge in [-0.05, 0) is 26.7 Å². The van der Waals surface area contributed by atoms with E-state index in [0.717, 1.165) is 17.4 Å². The van der Waals surface area contributed by atoms with Gasteiger partial charge in [-0.15, -0.1) is 5.10 Å². The fourth-order valence-electron chi connectivity index (χ4n) is 3.00. The average molecular weight is 413 g/mol. The molecule has 0 spiro atoms. The van der Waals surface area contributed by atoms with Crippen molar-refractivity contribution in [3.8, 4) is 5.88 Å².